The Balaban J connectivity index is 1.56. The molecule has 0 aromatic heterocycles. The van der Waals surface area contributed by atoms with E-state index in [4.69, 9.17) is 0 Å². The van der Waals surface area contributed by atoms with Crippen LogP contribution in [0.25, 0.3) is 11.1 Å². The number of benzene rings is 2. The average Bonchev–Trinajstić information content (AvgIpc) is 3.03. The van der Waals surface area contributed by atoms with Gasteiger partial charge in [-0.05, 0) is 62.1 Å². The van der Waals surface area contributed by atoms with E-state index in [1.54, 1.807) is 24.3 Å². The van der Waals surface area contributed by atoms with Crippen LogP contribution in [-0.4, -0.2) is 48.1 Å². The molecule has 154 valence electrons. The van der Waals surface area contributed by atoms with Gasteiger partial charge in [-0.2, -0.15) is 0 Å². The summed E-state index contributed by atoms with van der Waals surface area (Å²) < 4.78 is 27.7. The van der Waals surface area contributed by atoms with Gasteiger partial charge >= 0.3 is 6.03 Å². The smallest absolute Gasteiger partial charge is 0.318 e. The van der Waals surface area contributed by atoms with Gasteiger partial charge in [0.25, 0.3) is 0 Å². The number of halogens is 2. The van der Waals surface area contributed by atoms with Crippen molar-refractivity contribution >= 4 is 6.03 Å². The molecular weight excluding hydrogens is 372 g/mol. The number of rotatable bonds is 3. The number of hydrogen-bond acceptors (Lipinski definition) is 2. The highest BCUT2D eigenvalue weighted by Gasteiger charge is 2.34. The fraction of sp³-hybridized carbons (Fsp3) is 0.435. The van der Waals surface area contributed by atoms with E-state index in [1.807, 2.05) is 18.7 Å². The van der Waals surface area contributed by atoms with Gasteiger partial charge in [0, 0.05) is 37.8 Å². The van der Waals surface area contributed by atoms with Crippen LogP contribution in [0.3, 0.4) is 0 Å². The average molecular weight is 399 g/mol. The van der Waals surface area contributed by atoms with Crippen LogP contribution in [0.2, 0.25) is 0 Å². The van der Waals surface area contributed by atoms with Crippen molar-refractivity contribution in [3.05, 3.63) is 59.7 Å². The van der Waals surface area contributed by atoms with Gasteiger partial charge in [-0.25, -0.2) is 13.6 Å². The Morgan fingerprint density at radius 2 is 1.69 bits per heavy atom. The Kier molecular flexibility index (Phi) is 5.30. The largest absolute Gasteiger partial charge is 0.329 e. The summed E-state index contributed by atoms with van der Waals surface area (Å²) in [4.78, 5) is 17.4. The lowest BCUT2D eigenvalue weighted by molar-refractivity contribution is 0.161. The van der Waals surface area contributed by atoms with Gasteiger partial charge in [-0.1, -0.05) is 18.2 Å². The van der Waals surface area contributed by atoms with E-state index in [1.165, 1.54) is 18.2 Å². The van der Waals surface area contributed by atoms with Crippen molar-refractivity contribution < 1.29 is 13.6 Å². The lowest BCUT2D eigenvalue weighted by Crippen LogP contribution is -2.52. The predicted octanol–water partition coefficient (Wildman–Crippen LogP) is 4.36. The highest BCUT2D eigenvalue weighted by atomic mass is 19.1. The van der Waals surface area contributed by atoms with Crippen LogP contribution in [0.5, 0.6) is 0 Å². The first-order valence-electron chi connectivity index (χ1n) is 10.2. The van der Waals surface area contributed by atoms with Gasteiger partial charge in [0.2, 0.25) is 0 Å². The third-order valence-electron chi connectivity index (χ3n) is 6.18. The number of hydrogen-bond donors (Lipinski definition) is 1. The Bertz CT molecular complexity index is 889. The second-order valence-electron chi connectivity index (χ2n) is 8.52. The molecule has 3 aliphatic heterocycles. The number of fused-ring (bicyclic) bond motifs is 4. The summed E-state index contributed by atoms with van der Waals surface area (Å²) in [6.45, 7) is 7.59. The molecule has 1 N–H and O–H groups in total. The highest BCUT2D eigenvalue weighted by molar-refractivity contribution is 5.76. The summed E-state index contributed by atoms with van der Waals surface area (Å²) in [7, 11) is 0. The van der Waals surface area contributed by atoms with E-state index < -0.39 is 5.54 Å². The molecule has 5 rings (SSSR count). The van der Waals surface area contributed by atoms with Gasteiger partial charge in [0.1, 0.15) is 11.6 Å². The third-order valence-corrected chi connectivity index (χ3v) is 6.18. The number of amides is 2. The number of nitrogens with zero attached hydrogens (tertiary/aromatic N) is 2. The maximum absolute atomic E-state index is 14.5. The number of piperidine rings is 1. The normalized spacial score (nSPS) is 21.7. The lowest BCUT2D eigenvalue weighted by atomic mass is 9.91. The SMILES string of the molecule is CC(C)(NC(=O)N1CCN2CCC1CC2)c1ccc(F)c(-c2ccc(F)cc2)c1. The molecule has 3 fully saturated rings. The Morgan fingerprint density at radius 3 is 2.38 bits per heavy atom. The van der Waals surface area contributed by atoms with Crippen LogP contribution >= 0.6 is 0 Å². The Hall–Kier alpha value is -2.47. The molecule has 2 aromatic carbocycles. The second kappa shape index (κ2) is 7.75. The fourth-order valence-corrected chi connectivity index (χ4v) is 4.33. The summed E-state index contributed by atoms with van der Waals surface area (Å²) >= 11 is 0. The van der Waals surface area contributed by atoms with Crippen LogP contribution in [0.4, 0.5) is 13.6 Å². The van der Waals surface area contributed by atoms with Crippen molar-refractivity contribution in [2.75, 3.05) is 26.2 Å². The van der Waals surface area contributed by atoms with E-state index in [9.17, 15) is 13.6 Å². The summed E-state index contributed by atoms with van der Waals surface area (Å²) in [5.41, 5.74) is 1.12. The van der Waals surface area contributed by atoms with Crippen molar-refractivity contribution in [1.82, 2.24) is 15.1 Å². The van der Waals surface area contributed by atoms with Crippen molar-refractivity contribution in [3.8, 4) is 11.1 Å². The molecule has 4 nitrogen and oxygen atoms in total. The maximum atomic E-state index is 14.5. The first-order valence-corrected chi connectivity index (χ1v) is 10.2. The van der Waals surface area contributed by atoms with E-state index in [-0.39, 0.29) is 23.7 Å². The molecule has 2 bridgehead atoms. The topological polar surface area (TPSA) is 35.6 Å². The van der Waals surface area contributed by atoms with Crippen molar-refractivity contribution in [2.24, 2.45) is 0 Å². The molecule has 2 amide bonds. The molecule has 0 radical (unpaired) electrons. The molecule has 0 atom stereocenters. The Morgan fingerprint density at radius 1 is 1.00 bits per heavy atom. The molecule has 6 heteroatoms. The summed E-state index contributed by atoms with van der Waals surface area (Å²) in [5, 5.41) is 3.15. The van der Waals surface area contributed by atoms with E-state index in [0.29, 0.717) is 11.1 Å². The second-order valence-corrected chi connectivity index (χ2v) is 8.52. The zero-order valence-corrected chi connectivity index (χ0v) is 16.9. The first kappa shape index (κ1) is 19.8. The van der Waals surface area contributed by atoms with Crippen molar-refractivity contribution in [1.29, 1.82) is 0 Å². The molecule has 0 aliphatic carbocycles. The zero-order chi connectivity index (χ0) is 20.6. The van der Waals surface area contributed by atoms with Crippen LogP contribution in [-0.2, 0) is 5.54 Å². The molecule has 0 spiro atoms. The minimum atomic E-state index is -0.676. The fourth-order valence-electron chi connectivity index (χ4n) is 4.33. The van der Waals surface area contributed by atoms with Crippen LogP contribution < -0.4 is 5.32 Å². The minimum absolute atomic E-state index is 0.0728. The van der Waals surface area contributed by atoms with E-state index in [0.717, 1.165) is 44.6 Å². The molecular formula is C23H27F2N3O. The van der Waals surface area contributed by atoms with Crippen molar-refractivity contribution in [2.45, 2.75) is 38.3 Å². The first-order chi connectivity index (χ1) is 13.8. The molecule has 3 saturated heterocycles. The maximum Gasteiger partial charge on any atom is 0.318 e. The minimum Gasteiger partial charge on any atom is -0.329 e. The quantitative estimate of drug-likeness (QED) is 0.833. The van der Waals surface area contributed by atoms with Crippen LogP contribution in [0.1, 0.15) is 32.3 Å². The van der Waals surface area contributed by atoms with Gasteiger partial charge in [-0.3, -0.25) is 0 Å². The lowest BCUT2D eigenvalue weighted by Gasteiger charge is -2.35. The Labute approximate surface area is 170 Å². The third kappa shape index (κ3) is 4.13. The van der Waals surface area contributed by atoms with Gasteiger partial charge in [-0.15, -0.1) is 0 Å². The highest BCUT2D eigenvalue weighted by Crippen LogP contribution is 2.30. The molecule has 0 saturated carbocycles. The number of carbonyl (C=O) groups is 1. The molecule has 3 heterocycles. The summed E-state index contributed by atoms with van der Waals surface area (Å²) in [5.74, 6) is -0.734. The van der Waals surface area contributed by atoms with Crippen LogP contribution in [0.15, 0.2) is 42.5 Å². The van der Waals surface area contributed by atoms with Gasteiger partial charge in [0.05, 0.1) is 5.54 Å². The molecule has 3 aliphatic rings. The van der Waals surface area contributed by atoms with Gasteiger partial charge in [0.15, 0.2) is 0 Å². The molecule has 0 unspecified atom stereocenters. The standard InChI is InChI=1S/C23H27F2N3O/c1-23(2,26-22(29)28-14-13-27-11-9-19(28)10-12-27)17-5-8-21(25)20(15-17)16-3-6-18(24)7-4-16/h3-8,15,19H,9-14H2,1-2H3,(H,26,29). The number of nitrogens with one attached hydrogen (secondary N) is 1. The number of urea groups is 1. The summed E-state index contributed by atoms with van der Waals surface area (Å²) in [6, 6.07) is 10.8. The van der Waals surface area contributed by atoms with E-state index in [2.05, 4.69) is 10.2 Å². The zero-order valence-electron chi connectivity index (χ0n) is 16.9. The van der Waals surface area contributed by atoms with Gasteiger partial charge < -0.3 is 15.1 Å². The van der Waals surface area contributed by atoms with Crippen LogP contribution in [0, 0.1) is 11.6 Å². The summed E-state index contributed by atoms with van der Waals surface area (Å²) in [6.07, 6.45) is 2.03. The predicted molar refractivity (Wildman–Crippen MR) is 110 cm³/mol. The van der Waals surface area contributed by atoms with E-state index >= 15 is 0 Å². The van der Waals surface area contributed by atoms with Crippen molar-refractivity contribution in [3.63, 3.8) is 0 Å². The monoisotopic (exact) mass is 399 g/mol. The molecule has 29 heavy (non-hydrogen) atoms. The molecule has 2 aromatic rings. The number of carbonyl (C=O) groups excluding carboxylic acids is 1.